The minimum atomic E-state index is -0.716. The van der Waals surface area contributed by atoms with Crippen LogP contribution < -0.4 is 4.74 Å². The molecule has 3 heterocycles. The first-order chi connectivity index (χ1) is 14.8. The first kappa shape index (κ1) is 23.0. The summed E-state index contributed by atoms with van der Waals surface area (Å²) >= 11 is 0. The van der Waals surface area contributed by atoms with Gasteiger partial charge < -0.3 is 33.2 Å². The Labute approximate surface area is 185 Å². The Hall–Kier alpha value is -1.22. The van der Waals surface area contributed by atoms with Crippen LogP contribution in [0, 0.1) is 0 Å². The lowest BCUT2D eigenvalue weighted by molar-refractivity contribution is -0.243. The molecule has 0 aliphatic carbocycles. The van der Waals surface area contributed by atoms with Crippen molar-refractivity contribution in [1.82, 2.24) is 0 Å². The van der Waals surface area contributed by atoms with E-state index in [4.69, 9.17) is 33.2 Å². The maximum absolute atomic E-state index is 6.18. The van der Waals surface area contributed by atoms with E-state index < -0.39 is 17.9 Å². The van der Waals surface area contributed by atoms with Crippen LogP contribution in [0.15, 0.2) is 24.3 Å². The van der Waals surface area contributed by atoms with Gasteiger partial charge in [0.15, 0.2) is 17.9 Å². The zero-order valence-electron chi connectivity index (χ0n) is 19.3. The molecule has 31 heavy (non-hydrogen) atoms. The summed E-state index contributed by atoms with van der Waals surface area (Å²) in [5.41, 5.74) is 1.08. The summed E-state index contributed by atoms with van der Waals surface area (Å²) in [5, 5.41) is 0. The van der Waals surface area contributed by atoms with Gasteiger partial charge in [-0.1, -0.05) is 31.9 Å². The predicted octanol–water partition coefficient (Wildman–Crippen LogP) is 4.17. The van der Waals surface area contributed by atoms with Crippen molar-refractivity contribution in [2.24, 2.45) is 0 Å². The third-order valence-corrected chi connectivity index (χ3v) is 5.74. The normalized spacial score (nSPS) is 33.1. The molecule has 3 aliphatic heterocycles. The minimum absolute atomic E-state index is 0.256. The maximum atomic E-state index is 6.18. The molecule has 0 unspecified atom stereocenters. The van der Waals surface area contributed by atoms with Gasteiger partial charge in [-0.05, 0) is 51.8 Å². The second-order valence-electron chi connectivity index (χ2n) is 9.42. The van der Waals surface area contributed by atoms with Gasteiger partial charge in [0.25, 0.3) is 0 Å². The first-order valence-corrected chi connectivity index (χ1v) is 11.4. The summed E-state index contributed by atoms with van der Waals surface area (Å²) < 4.78 is 42.2. The molecule has 5 atom stereocenters. The summed E-state index contributed by atoms with van der Waals surface area (Å²) in [6, 6.07) is 8.05. The Kier molecular flexibility index (Phi) is 6.91. The van der Waals surface area contributed by atoms with Crippen LogP contribution in [-0.2, 0) is 35.0 Å². The minimum Gasteiger partial charge on any atom is -0.494 e. The van der Waals surface area contributed by atoms with Crippen molar-refractivity contribution in [3.05, 3.63) is 29.8 Å². The average Bonchev–Trinajstić information content (AvgIpc) is 3.20. The summed E-state index contributed by atoms with van der Waals surface area (Å²) in [5.74, 6) is -0.523. The molecule has 7 nitrogen and oxygen atoms in total. The van der Waals surface area contributed by atoms with E-state index in [1.165, 1.54) is 12.8 Å². The Morgan fingerprint density at radius 1 is 0.839 bits per heavy atom. The smallest absolute Gasteiger partial charge is 0.190 e. The van der Waals surface area contributed by atoms with Crippen molar-refractivity contribution >= 4 is 0 Å². The molecule has 3 aliphatic rings. The Balaban J connectivity index is 1.30. The highest BCUT2D eigenvalue weighted by atomic mass is 16.9. The fourth-order valence-corrected chi connectivity index (χ4v) is 4.34. The van der Waals surface area contributed by atoms with Crippen LogP contribution in [0.25, 0.3) is 0 Å². The monoisotopic (exact) mass is 436 g/mol. The van der Waals surface area contributed by atoms with Crippen LogP contribution in [0.4, 0.5) is 0 Å². The molecule has 1 aromatic carbocycles. The van der Waals surface area contributed by atoms with Crippen molar-refractivity contribution in [2.45, 2.75) is 103 Å². The summed E-state index contributed by atoms with van der Waals surface area (Å²) in [7, 11) is 0. The Morgan fingerprint density at radius 3 is 2.26 bits per heavy atom. The highest BCUT2D eigenvalue weighted by Gasteiger charge is 2.60. The average molecular weight is 437 g/mol. The molecule has 0 bridgehead atoms. The van der Waals surface area contributed by atoms with E-state index in [1.54, 1.807) is 0 Å². The van der Waals surface area contributed by atoms with Crippen molar-refractivity contribution < 1.29 is 33.2 Å². The fraction of sp³-hybridized carbons (Fsp3) is 0.750. The maximum Gasteiger partial charge on any atom is 0.190 e. The van der Waals surface area contributed by atoms with Crippen molar-refractivity contribution in [2.75, 3.05) is 13.2 Å². The molecule has 0 N–H and O–H groups in total. The van der Waals surface area contributed by atoms with Gasteiger partial charge in [0.1, 0.15) is 30.2 Å². The van der Waals surface area contributed by atoms with Crippen LogP contribution in [-0.4, -0.2) is 55.5 Å². The number of ether oxygens (including phenoxy) is 7. The lowest BCUT2D eigenvalue weighted by atomic mass is 9.99. The molecule has 0 aromatic heterocycles. The Morgan fingerprint density at radius 2 is 1.52 bits per heavy atom. The van der Waals surface area contributed by atoms with Crippen molar-refractivity contribution in [1.29, 1.82) is 0 Å². The second-order valence-corrected chi connectivity index (χ2v) is 9.42. The van der Waals surface area contributed by atoms with E-state index in [9.17, 15) is 0 Å². The summed E-state index contributed by atoms with van der Waals surface area (Å²) in [4.78, 5) is 0. The standard InChI is InChI=1S/C24H36O7/c1-6-7-8-13-26-17-11-9-16(10-12-17)14-25-15-18-19-20(29-23(2,3)28-19)21-22(27-18)31-24(4,5)30-21/h9-12,18-22H,6-8,13-15H2,1-5H3/t18-,19+,20+,21-,22-/m1/s1. The molecule has 0 spiro atoms. The fourth-order valence-electron chi connectivity index (χ4n) is 4.34. The van der Waals surface area contributed by atoms with Gasteiger partial charge in [0, 0.05) is 0 Å². The lowest BCUT2D eigenvalue weighted by Crippen LogP contribution is -2.56. The van der Waals surface area contributed by atoms with E-state index in [0.717, 1.165) is 24.3 Å². The van der Waals surface area contributed by atoms with Gasteiger partial charge in [-0.3, -0.25) is 0 Å². The van der Waals surface area contributed by atoms with Gasteiger partial charge in [0.05, 0.1) is 19.8 Å². The number of rotatable bonds is 9. The molecular weight excluding hydrogens is 400 g/mol. The summed E-state index contributed by atoms with van der Waals surface area (Å²) in [6.07, 6.45) is 1.83. The van der Waals surface area contributed by atoms with Crippen molar-refractivity contribution in [3.63, 3.8) is 0 Å². The predicted molar refractivity (Wildman–Crippen MR) is 114 cm³/mol. The molecule has 3 fully saturated rings. The number of fused-ring (bicyclic) bond motifs is 3. The van der Waals surface area contributed by atoms with Gasteiger partial charge in [-0.25, -0.2) is 0 Å². The molecule has 4 rings (SSSR count). The molecule has 174 valence electrons. The highest BCUT2D eigenvalue weighted by molar-refractivity contribution is 5.26. The second kappa shape index (κ2) is 9.33. The Bertz CT molecular complexity index is 717. The number of hydrogen-bond donors (Lipinski definition) is 0. The highest BCUT2D eigenvalue weighted by Crippen LogP contribution is 2.44. The van der Waals surface area contributed by atoms with Gasteiger partial charge >= 0.3 is 0 Å². The number of hydrogen-bond acceptors (Lipinski definition) is 7. The number of benzene rings is 1. The largest absolute Gasteiger partial charge is 0.494 e. The third kappa shape index (κ3) is 5.59. The van der Waals surface area contributed by atoms with E-state index >= 15 is 0 Å². The first-order valence-electron chi connectivity index (χ1n) is 11.4. The van der Waals surface area contributed by atoms with Gasteiger partial charge in [0.2, 0.25) is 0 Å². The molecule has 0 amide bonds. The van der Waals surface area contributed by atoms with E-state index in [1.807, 2.05) is 52.0 Å². The van der Waals surface area contributed by atoms with Crippen LogP contribution in [0.5, 0.6) is 5.75 Å². The topological polar surface area (TPSA) is 64.6 Å². The van der Waals surface area contributed by atoms with Crippen LogP contribution in [0.1, 0.15) is 59.4 Å². The quantitative estimate of drug-likeness (QED) is 0.538. The van der Waals surface area contributed by atoms with Crippen molar-refractivity contribution in [3.8, 4) is 5.75 Å². The SMILES string of the molecule is CCCCCOc1ccc(COC[C@H]2O[C@@H]3OC(C)(C)O[C@@H]3[C@H]3OC(C)(C)O[C@H]32)cc1. The zero-order valence-corrected chi connectivity index (χ0v) is 19.3. The molecular formula is C24H36O7. The van der Waals surface area contributed by atoms with E-state index in [-0.39, 0.29) is 24.4 Å². The molecule has 3 saturated heterocycles. The molecule has 1 aromatic rings. The molecule has 0 saturated carbocycles. The van der Waals surface area contributed by atoms with Crippen LogP contribution in [0.2, 0.25) is 0 Å². The summed E-state index contributed by atoms with van der Waals surface area (Å²) in [6.45, 7) is 11.4. The molecule has 7 heteroatoms. The van der Waals surface area contributed by atoms with E-state index in [0.29, 0.717) is 13.2 Å². The van der Waals surface area contributed by atoms with Gasteiger partial charge in [-0.15, -0.1) is 0 Å². The lowest BCUT2D eigenvalue weighted by Gasteiger charge is -2.37. The van der Waals surface area contributed by atoms with Gasteiger partial charge in [-0.2, -0.15) is 0 Å². The zero-order chi connectivity index (χ0) is 22.1. The van der Waals surface area contributed by atoms with E-state index in [2.05, 4.69) is 6.92 Å². The van der Waals surface area contributed by atoms with Crippen LogP contribution >= 0.6 is 0 Å². The third-order valence-electron chi connectivity index (χ3n) is 5.74. The van der Waals surface area contributed by atoms with Crippen LogP contribution in [0.3, 0.4) is 0 Å². The molecule has 0 radical (unpaired) electrons. The number of unbranched alkanes of at least 4 members (excludes halogenated alkanes) is 2.